The molecule has 1 aromatic carbocycles. The molecule has 0 saturated carbocycles. The van der Waals surface area contributed by atoms with Gasteiger partial charge in [-0.2, -0.15) is 0 Å². The first-order chi connectivity index (χ1) is 10.6. The first-order valence-corrected chi connectivity index (χ1v) is 7.10. The normalized spacial score (nSPS) is 16.2. The van der Waals surface area contributed by atoms with Crippen LogP contribution < -0.4 is 14.8 Å². The predicted octanol–water partition coefficient (Wildman–Crippen LogP) is 2.24. The summed E-state index contributed by atoms with van der Waals surface area (Å²) in [6, 6.07) is 7.58. The maximum absolute atomic E-state index is 11.4. The van der Waals surface area contributed by atoms with E-state index in [2.05, 4.69) is 15.3 Å². The summed E-state index contributed by atoms with van der Waals surface area (Å²) in [5, 5.41) is 3.11. The summed E-state index contributed by atoms with van der Waals surface area (Å²) in [4.78, 5) is 19.8. The van der Waals surface area contributed by atoms with Gasteiger partial charge in [0.15, 0.2) is 17.3 Å². The number of nitrogens with zero attached hydrogens (tertiary/aromatic N) is 2. The first kappa shape index (κ1) is 14.3. The second-order valence-electron chi connectivity index (χ2n) is 5.13. The van der Waals surface area contributed by atoms with Crippen molar-refractivity contribution in [2.24, 2.45) is 0 Å². The number of rotatable bonds is 4. The summed E-state index contributed by atoms with van der Waals surface area (Å²) in [5.41, 5.74) is 1.20. The minimum atomic E-state index is -0.119. The lowest BCUT2D eigenvalue weighted by Crippen LogP contribution is -2.35. The van der Waals surface area contributed by atoms with E-state index in [0.717, 1.165) is 11.5 Å². The van der Waals surface area contributed by atoms with E-state index in [9.17, 15) is 4.79 Å². The average Bonchev–Trinajstić information content (AvgIpc) is 2.52. The molecule has 0 aliphatic carbocycles. The quantitative estimate of drug-likeness (QED) is 0.873. The van der Waals surface area contributed by atoms with Crippen molar-refractivity contribution in [2.75, 3.05) is 18.5 Å². The van der Waals surface area contributed by atoms with E-state index in [-0.39, 0.29) is 11.9 Å². The number of para-hydroxylation sites is 2. The van der Waals surface area contributed by atoms with Gasteiger partial charge in [0, 0.05) is 6.20 Å². The molecule has 1 aliphatic rings. The molecule has 0 saturated heterocycles. The standard InChI is InChI=1S/C16H17N3O3/c1-10-13(11(2)20)8-18-16(19-10)17-7-12-9-21-14-5-3-4-6-15(14)22-12/h3-6,8,12H,7,9H2,1-2H3,(H,17,18,19)/t12-/m0/s1. The Morgan fingerprint density at radius 2 is 2.14 bits per heavy atom. The Morgan fingerprint density at radius 1 is 1.36 bits per heavy atom. The second kappa shape index (κ2) is 6.01. The van der Waals surface area contributed by atoms with Gasteiger partial charge in [0.1, 0.15) is 12.7 Å². The van der Waals surface area contributed by atoms with Crippen LogP contribution in [-0.2, 0) is 0 Å². The summed E-state index contributed by atoms with van der Waals surface area (Å²) in [7, 11) is 0. The van der Waals surface area contributed by atoms with Crippen LogP contribution in [0.15, 0.2) is 30.5 Å². The van der Waals surface area contributed by atoms with Gasteiger partial charge in [-0.3, -0.25) is 4.79 Å². The molecule has 2 heterocycles. The lowest BCUT2D eigenvalue weighted by atomic mass is 10.2. The van der Waals surface area contributed by atoms with Crippen molar-refractivity contribution in [3.8, 4) is 11.5 Å². The lowest BCUT2D eigenvalue weighted by Gasteiger charge is -2.26. The number of ketones is 1. The molecule has 3 rings (SSSR count). The van der Waals surface area contributed by atoms with E-state index in [0.29, 0.717) is 30.4 Å². The Balaban J connectivity index is 1.62. The van der Waals surface area contributed by atoms with Crippen LogP contribution in [-0.4, -0.2) is 35.0 Å². The van der Waals surface area contributed by atoms with Crippen molar-refractivity contribution in [1.29, 1.82) is 0 Å². The monoisotopic (exact) mass is 299 g/mol. The molecule has 22 heavy (non-hydrogen) atoms. The molecular weight excluding hydrogens is 282 g/mol. The van der Waals surface area contributed by atoms with E-state index in [4.69, 9.17) is 9.47 Å². The number of carbonyl (C=O) groups excluding carboxylic acids is 1. The topological polar surface area (TPSA) is 73.3 Å². The smallest absolute Gasteiger partial charge is 0.223 e. The van der Waals surface area contributed by atoms with Crippen LogP contribution in [0, 0.1) is 6.92 Å². The number of fused-ring (bicyclic) bond motifs is 1. The van der Waals surface area contributed by atoms with Crippen molar-refractivity contribution >= 4 is 11.7 Å². The van der Waals surface area contributed by atoms with Crippen LogP contribution in [0.1, 0.15) is 23.0 Å². The third kappa shape index (κ3) is 3.00. The van der Waals surface area contributed by atoms with Gasteiger partial charge in [0.25, 0.3) is 0 Å². The maximum Gasteiger partial charge on any atom is 0.223 e. The number of ether oxygens (including phenoxy) is 2. The van der Waals surface area contributed by atoms with E-state index in [1.807, 2.05) is 24.3 Å². The van der Waals surface area contributed by atoms with Crippen molar-refractivity contribution in [1.82, 2.24) is 9.97 Å². The number of nitrogens with one attached hydrogen (secondary N) is 1. The summed E-state index contributed by atoms with van der Waals surface area (Å²) in [5.74, 6) is 1.94. The molecular formula is C16H17N3O3. The van der Waals surface area contributed by atoms with Gasteiger partial charge in [0.05, 0.1) is 17.8 Å². The first-order valence-electron chi connectivity index (χ1n) is 7.10. The van der Waals surface area contributed by atoms with Crippen molar-refractivity contribution in [3.63, 3.8) is 0 Å². The van der Waals surface area contributed by atoms with Gasteiger partial charge in [-0.15, -0.1) is 0 Å². The van der Waals surface area contributed by atoms with Crippen molar-refractivity contribution in [3.05, 3.63) is 41.7 Å². The molecule has 1 atom stereocenters. The van der Waals surface area contributed by atoms with Crippen LogP contribution >= 0.6 is 0 Å². The molecule has 1 aromatic heterocycles. The maximum atomic E-state index is 11.4. The molecule has 1 N–H and O–H groups in total. The molecule has 0 bridgehead atoms. The number of hydrogen-bond acceptors (Lipinski definition) is 6. The van der Waals surface area contributed by atoms with E-state index >= 15 is 0 Å². The SMILES string of the molecule is CC(=O)c1cnc(NC[C@H]2COc3ccccc3O2)nc1C. The van der Waals surface area contributed by atoms with E-state index < -0.39 is 0 Å². The third-order valence-electron chi connectivity index (χ3n) is 3.41. The Bertz CT molecular complexity index is 703. The average molecular weight is 299 g/mol. The van der Waals surface area contributed by atoms with Gasteiger partial charge in [-0.05, 0) is 26.0 Å². The zero-order valence-electron chi connectivity index (χ0n) is 12.5. The third-order valence-corrected chi connectivity index (χ3v) is 3.41. The van der Waals surface area contributed by atoms with Gasteiger partial charge < -0.3 is 14.8 Å². The van der Waals surface area contributed by atoms with Crippen molar-refractivity contribution in [2.45, 2.75) is 20.0 Å². The van der Waals surface area contributed by atoms with Crippen LogP contribution in [0.25, 0.3) is 0 Å². The van der Waals surface area contributed by atoms with Gasteiger partial charge in [0.2, 0.25) is 5.95 Å². The predicted molar refractivity (Wildman–Crippen MR) is 81.6 cm³/mol. The molecule has 6 nitrogen and oxygen atoms in total. The van der Waals surface area contributed by atoms with Crippen molar-refractivity contribution < 1.29 is 14.3 Å². The molecule has 0 fully saturated rings. The minimum Gasteiger partial charge on any atom is -0.486 e. The largest absolute Gasteiger partial charge is 0.486 e. The number of aryl methyl sites for hydroxylation is 1. The summed E-state index contributed by atoms with van der Waals surface area (Å²) >= 11 is 0. The number of anilines is 1. The van der Waals surface area contributed by atoms with Crippen LogP contribution in [0.4, 0.5) is 5.95 Å². The summed E-state index contributed by atoms with van der Waals surface area (Å²) in [6.45, 7) is 4.28. The highest BCUT2D eigenvalue weighted by atomic mass is 16.6. The zero-order chi connectivity index (χ0) is 15.5. The Hall–Kier alpha value is -2.63. The molecule has 114 valence electrons. The zero-order valence-corrected chi connectivity index (χ0v) is 12.5. The number of carbonyl (C=O) groups is 1. The molecule has 0 amide bonds. The van der Waals surface area contributed by atoms with E-state index in [1.165, 1.54) is 6.92 Å². The minimum absolute atomic E-state index is 0.0373. The molecule has 0 spiro atoms. The lowest BCUT2D eigenvalue weighted by molar-refractivity contribution is 0.0996. The molecule has 2 aromatic rings. The highest BCUT2D eigenvalue weighted by Gasteiger charge is 2.20. The highest BCUT2D eigenvalue weighted by Crippen LogP contribution is 2.30. The molecule has 0 unspecified atom stereocenters. The second-order valence-corrected chi connectivity index (χ2v) is 5.13. The van der Waals surface area contributed by atoms with Gasteiger partial charge >= 0.3 is 0 Å². The summed E-state index contributed by atoms with van der Waals surface area (Å²) in [6.07, 6.45) is 1.42. The fraction of sp³-hybridized carbons (Fsp3) is 0.312. The van der Waals surface area contributed by atoms with Crippen LogP contribution in [0.3, 0.4) is 0 Å². The Labute approximate surface area is 128 Å². The van der Waals surface area contributed by atoms with E-state index in [1.54, 1.807) is 13.1 Å². The number of Topliss-reactive ketones (excluding diaryl/α,β-unsaturated/α-hetero) is 1. The van der Waals surface area contributed by atoms with Crippen LogP contribution in [0.5, 0.6) is 11.5 Å². The number of hydrogen-bond donors (Lipinski definition) is 1. The molecule has 1 aliphatic heterocycles. The molecule has 0 radical (unpaired) electrons. The molecule has 6 heteroatoms. The van der Waals surface area contributed by atoms with Crippen LogP contribution in [0.2, 0.25) is 0 Å². The highest BCUT2D eigenvalue weighted by molar-refractivity contribution is 5.94. The Kier molecular flexibility index (Phi) is 3.91. The fourth-order valence-electron chi connectivity index (χ4n) is 2.27. The van der Waals surface area contributed by atoms with Gasteiger partial charge in [-0.25, -0.2) is 9.97 Å². The number of benzene rings is 1. The number of aromatic nitrogens is 2. The fourth-order valence-corrected chi connectivity index (χ4v) is 2.27. The Morgan fingerprint density at radius 3 is 2.86 bits per heavy atom. The summed E-state index contributed by atoms with van der Waals surface area (Å²) < 4.78 is 11.5. The van der Waals surface area contributed by atoms with Gasteiger partial charge in [-0.1, -0.05) is 12.1 Å².